The van der Waals surface area contributed by atoms with Crippen molar-refractivity contribution < 1.29 is 23.8 Å². The molecule has 0 aliphatic rings. The average molecular weight is 542 g/mol. The van der Waals surface area contributed by atoms with Gasteiger partial charge in [-0.15, -0.1) is 0 Å². The molecule has 0 spiro atoms. The summed E-state index contributed by atoms with van der Waals surface area (Å²) in [5, 5.41) is 15.4. The summed E-state index contributed by atoms with van der Waals surface area (Å²) in [6, 6.07) is 13.6. The summed E-state index contributed by atoms with van der Waals surface area (Å²) in [6.45, 7) is 9.93. The number of carboxylic acids is 1. The van der Waals surface area contributed by atoms with E-state index in [4.69, 9.17) is 16.3 Å². The first-order valence-corrected chi connectivity index (χ1v) is 12.7. The van der Waals surface area contributed by atoms with E-state index in [0.29, 0.717) is 34.4 Å². The Hall–Kier alpha value is -3.78. The molecule has 202 valence electrons. The summed E-state index contributed by atoms with van der Waals surface area (Å²) in [5.41, 5.74) is 2.34. The van der Waals surface area contributed by atoms with Gasteiger partial charge in [-0.3, -0.25) is 0 Å². The molecular formula is C29H33ClFN3O4. The van der Waals surface area contributed by atoms with Gasteiger partial charge in [0.25, 0.3) is 0 Å². The first kappa shape index (κ1) is 28.8. The number of nitrogens with one attached hydrogen (secondary N) is 2. The molecule has 0 radical (unpaired) electrons. The van der Waals surface area contributed by atoms with E-state index >= 15 is 0 Å². The van der Waals surface area contributed by atoms with Crippen LogP contribution in [0.25, 0.3) is 11.1 Å². The molecule has 0 aliphatic carbocycles. The number of benzene rings is 3. The van der Waals surface area contributed by atoms with Gasteiger partial charge >= 0.3 is 12.0 Å². The molecule has 38 heavy (non-hydrogen) atoms. The number of carbonyl (C=O) groups is 2. The molecular weight excluding hydrogens is 509 g/mol. The summed E-state index contributed by atoms with van der Waals surface area (Å²) < 4.78 is 19.5. The molecule has 0 aromatic heterocycles. The lowest BCUT2D eigenvalue weighted by molar-refractivity contribution is 0.0697. The molecule has 3 N–H and O–H groups in total. The summed E-state index contributed by atoms with van der Waals surface area (Å²) in [7, 11) is 1.47. The summed E-state index contributed by atoms with van der Waals surface area (Å²) in [4.78, 5) is 27.2. The number of anilines is 3. The van der Waals surface area contributed by atoms with Gasteiger partial charge < -0.3 is 25.4 Å². The van der Waals surface area contributed by atoms with Crippen LogP contribution in [-0.4, -0.2) is 37.3 Å². The van der Waals surface area contributed by atoms with E-state index in [-0.39, 0.29) is 16.3 Å². The highest BCUT2D eigenvalue weighted by Crippen LogP contribution is 2.35. The maximum absolute atomic E-state index is 14.3. The number of rotatable bonds is 10. The second-order valence-electron chi connectivity index (χ2n) is 9.84. The number of hydrogen-bond donors (Lipinski definition) is 3. The predicted molar refractivity (Wildman–Crippen MR) is 151 cm³/mol. The van der Waals surface area contributed by atoms with Crippen LogP contribution < -0.4 is 20.3 Å². The molecule has 0 saturated heterocycles. The van der Waals surface area contributed by atoms with E-state index in [0.717, 1.165) is 24.8 Å². The lowest BCUT2D eigenvalue weighted by Crippen LogP contribution is -2.32. The molecule has 9 heteroatoms. The number of ether oxygens (including phenoxy) is 1. The van der Waals surface area contributed by atoms with Crippen LogP contribution in [0.4, 0.5) is 26.2 Å². The fourth-order valence-corrected chi connectivity index (χ4v) is 4.34. The monoisotopic (exact) mass is 541 g/mol. The number of carboxylic acid groups (broad SMARTS) is 1. The van der Waals surface area contributed by atoms with Crippen LogP contribution in [0, 0.1) is 17.7 Å². The molecule has 0 heterocycles. The lowest BCUT2D eigenvalue weighted by Gasteiger charge is -2.31. The van der Waals surface area contributed by atoms with Crippen LogP contribution in [0.15, 0.2) is 54.6 Å². The van der Waals surface area contributed by atoms with Gasteiger partial charge in [0.05, 0.1) is 29.7 Å². The Labute approximate surface area is 227 Å². The molecule has 0 atom stereocenters. The van der Waals surface area contributed by atoms with E-state index in [9.17, 15) is 19.1 Å². The number of hydrogen-bond acceptors (Lipinski definition) is 4. The van der Waals surface area contributed by atoms with Crippen molar-refractivity contribution in [3.05, 3.63) is 71.0 Å². The van der Waals surface area contributed by atoms with Crippen molar-refractivity contribution >= 4 is 40.7 Å². The highest BCUT2D eigenvalue weighted by Gasteiger charge is 2.20. The van der Waals surface area contributed by atoms with Crippen molar-refractivity contribution in [2.45, 2.75) is 27.7 Å². The topological polar surface area (TPSA) is 90.9 Å². The van der Waals surface area contributed by atoms with Gasteiger partial charge in [-0.2, -0.15) is 0 Å². The van der Waals surface area contributed by atoms with Gasteiger partial charge in [-0.25, -0.2) is 14.0 Å². The van der Waals surface area contributed by atoms with Gasteiger partial charge in [0.1, 0.15) is 11.6 Å². The second-order valence-corrected chi connectivity index (χ2v) is 10.3. The summed E-state index contributed by atoms with van der Waals surface area (Å²) >= 11 is 5.83. The number of methoxy groups -OCH3 is 1. The van der Waals surface area contributed by atoms with Crippen LogP contribution in [0.3, 0.4) is 0 Å². The average Bonchev–Trinajstić information content (AvgIpc) is 2.84. The minimum atomic E-state index is -1.10. The van der Waals surface area contributed by atoms with Crippen molar-refractivity contribution in [3.8, 4) is 16.9 Å². The van der Waals surface area contributed by atoms with E-state index in [1.54, 1.807) is 18.2 Å². The van der Waals surface area contributed by atoms with E-state index in [2.05, 4.69) is 43.2 Å². The first-order chi connectivity index (χ1) is 18.0. The Morgan fingerprint density at radius 3 is 2.18 bits per heavy atom. The highest BCUT2D eigenvalue weighted by atomic mass is 35.5. The molecule has 7 nitrogen and oxygen atoms in total. The largest absolute Gasteiger partial charge is 0.497 e. The zero-order valence-electron chi connectivity index (χ0n) is 22.1. The summed E-state index contributed by atoms with van der Waals surface area (Å²) in [6.07, 6.45) is 0. The third kappa shape index (κ3) is 7.38. The van der Waals surface area contributed by atoms with Crippen LogP contribution >= 0.6 is 11.6 Å². The molecule has 2 amide bonds. The van der Waals surface area contributed by atoms with Crippen molar-refractivity contribution in [1.29, 1.82) is 0 Å². The van der Waals surface area contributed by atoms with Gasteiger partial charge in [0, 0.05) is 18.1 Å². The fraction of sp³-hybridized carbons (Fsp3) is 0.310. The second kappa shape index (κ2) is 12.6. The molecule has 0 saturated carbocycles. The van der Waals surface area contributed by atoms with Crippen LogP contribution in [-0.2, 0) is 0 Å². The van der Waals surface area contributed by atoms with Gasteiger partial charge in [0.15, 0.2) is 0 Å². The molecule has 0 bridgehead atoms. The highest BCUT2D eigenvalue weighted by molar-refractivity contribution is 6.30. The zero-order valence-corrected chi connectivity index (χ0v) is 22.9. The fourth-order valence-electron chi connectivity index (χ4n) is 4.18. The Kier molecular flexibility index (Phi) is 9.58. The lowest BCUT2D eigenvalue weighted by atomic mass is 9.97. The zero-order chi connectivity index (χ0) is 28.0. The van der Waals surface area contributed by atoms with Gasteiger partial charge in [-0.1, -0.05) is 45.4 Å². The molecule has 3 aromatic carbocycles. The third-order valence-corrected chi connectivity index (χ3v) is 5.94. The number of nitrogens with zero attached hydrogens (tertiary/aromatic N) is 1. The third-order valence-electron chi connectivity index (χ3n) is 5.70. The van der Waals surface area contributed by atoms with Gasteiger partial charge in [-0.05, 0) is 71.5 Å². The number of amides is 2. The van der Waals surface area contributed by atoms with Crippen LogP contribution in [0.5, 0.6) is 5.75 Å². The molecule has 0 fully saturated rings. The Morgan fingerprint density at radius 1 is 0.947 bits per heavy atom. The van der Waals surface area contributed by atoms with E-state index in [1.165, 1.54) is 25.3 Å². The van der Waals surface area contributed by atoms with Crippen molar-refractivity contribution in [2.75, 3.05) is 35.7 Å². The standard InChI is InChI=1S/C29H33ClFN3O4/c1-17(2)15-34(16-18(3)4)27-11-6-19(22-9-8-21(38-5)14-23(22)28(35)36)12-26(27)33-29(37)32-25-10-7-20(30)13-24(25)31/h6-14,17-18H,15-16H2,1-5H3,(H,35,36)(H2,32,33,37). The molecule has 3 rings (SSSR count). The van der Waals surface area contributed by atoms with Crippen LogP contribution in [0.2, 0.25) is 5.02 Å². The quantitative estimate of drug-likeness (QED) is 0.245. The Balaban J connectivity index is 2.08. The minimum absolute atomic E-state index is 0.0193. The molecule has 0 aliphatic heterocycles. The smallest absolute Gasteiger partial charge is 0.336 e. The maximum atomic E-state index is 14.3. The first-order valence-electron chi connectivity index (χ1n) is 12.3. The normalized spacial score (nSPS) is 11.0. The van der Waals surface area contributed by atoms with Crippen molar-refractivity contribution in [1.82, 2.24) is 0 Å². The van der Waals surface area contributed by atoms with Crippen LogP contribution in [0.1, 0.15) is 38.1 Å². The maximum Gasteiger partial charge on any atom is 0.336 e. The predicted octanol–water partition coefficient (Wildman–Crippen LogP) is 7.62. The molecule has 3 aromatic rings. The number of aromatic carboxylic acids is 1. The Morgan fingerprint density at radius 2 is 1.61 bits per heavy atom. The van der Waals surface area contributed by atoms with E-state index < -0.39 is 17.8 Å². The van der Waals surface area contributed by atoms with E-state index in [1.807, 2.05) is 12.1 Å². The number of carbonyl (C=O) groups excluding carboxylic acids is 1. The van der Waals surface area contributed by atoms with Crippen molar-refractivity contribution in [3.63, 3.8) is 0 Å². The van der Waals surface area contributed by atoms with Crippen molar-refractivity contribution in [2.24, 2.45) is 11.8 Å². The minimum Gasteiger partial charge on any atom is -0.497 e. The SMILES string of the molecule is COc1ccc(-c2ccc(N(CC(C)C)CC(C)C)c(NC(=O)Nc3ccc(Cl)cc3F)c2)c(C(=O)O)c1. The van der Waals surface area contributed by atoms with Gasteiger partial charge in [0.2, 0.25) is 0 Å². The Bertz CT molecular complexity index is 1300. The number of urea groups is 1. The number of halogens is 2. The summed E-state index contributed by atoms with van der Waals surface area (Å²) in [5.74, 6) is -0.649. The molecule has 0 unspecified atom stereocenters.